The third-order valence-electron chi connectivity index (χ3n) is 4.39. The van der Waals surface area contributed by atoms with E-state index in [0.29, 0.717) is 6.07 Å². The van der Waals surface area contributed by atoms with Crippen LogP contribution in [0.15, 0.2) is 36.9 Å². The number of carbonyl (C=O) groups is 2. The molecule has 0 radical (unpaired) electrons. The van der Waals surface area contributed by atoms with Crippen molar-refractivity contribution in [1.82, 2.24) is 4.98 Å². The van der Waals surface area contributed by atoms with E-state index in [2.05, 4.69) is 11.6 Å². The first-order valence-electron chi connectivity index (χ1n) is 8.43. The summed E-state index contributed by atoms with van der Waals surface area (Å²) in [5, 5.41) is -0.224. The van der Waals surface area contributed by atoms with Crippen molar-refractivity contribution in [2.24, 2.45) is 0 Å². The number of ether oxygens (including phenoxy) is 1. The Balaban J connectivity index is 1.98. The molecule has 2 heterocycles. The molecule has 30 heavy (non-hydrogen) atoms. The lowest BCUT2D eigenvalue weighted by atomic mass is 10.1. The fourth-order valence-electron chi connectivity index (χ4n) is 2.83. The molecule has 1 atom stereocenters. The van der Waals surface area contributed by atoms with Gasteiger partial charge in [-0.25, -0.2) is 19.1 Å². The first kappa shape index (κ1) is 21.6. The highest BCUT2D eigenvalue weighted by atomic mass is 35.5. The molecule has 11 heteroatoms. The van der Waals surface area contributed by atoms with E-state index in [-0.39, 0.29) is 16.4 Å². The molecule has 0 bridgehead atoms. The number of nitrogens with zero attached hydrogens (tertiary/aromatic N) is 3. The first-order chi connectivity index (χ1) is 14.0. The molecule has 1 saturated heterocycles. The van der Waals surface area contributed by atoms with Crippen LogP contribution in [0.4, 0.5) is 33.9 Å². The third kappa shape index (κ3) is 4.09. The SMILES string of the molecule is C=Cc1cc(C(F)(F)F)cc(N2C(=O)OCC2C(=O)N(C)c2ccc(F)c(Cl)c2)n1. The summed E-state index contributed by atoms with van der Waals surface area (Å²) in [5.41, 5.74) is -0.981. The van der Waals surface area contributed by atoms with Gasteiger partial charge in [0.25, 0.3) is 5.91 Å². The Labute approximate surface area is 173 Å². The van der Waals surface area contributed by atoms with Crippen LogP contribution in [-0.4, -0.2) is 36.7 Å². The maximum Gasteiger partial charge on any atom is 0.416 e. The van der Waals surface area contributed by atoms with Crippen LogP contribution in [0.1, 0.15) is 11.3 Å². The van der Waals surface area contributed by atoms with E-state index in [4.69, 9.17) is 16.3 Å². The van der Waals surface area contributed by atoms with Crippen LogP contribution in [0.2, 0.25) is 5.02 Å². The van der Waals surface area contributed by atoms with Crippen LogP contribution < -0.4 is 9.80 Å². The lowest BCUT2D eigenvalue weighted by Gasteiger charge is -2.26. The molecule has 2 amide bonds. The molecule has 3 rings (SSSR count). The van der Waals surface area contributed by atoms with Crippen LogP contribution in [0.3, 0.4) is 0 Å². The molecule has 1 fully saturated rings. The van der Waals surface area contributed by atoms with E-state index in [9.17, 15) is 27.2 Å². The summed E-state index contributed by atoms with van der Waals surface area (Å²) in [7, 11) is 1.35. The van der Waals surface area contributed by atoms with Crippen molar-refractivity contribution in [3.8, 4) is 0 Å². The van der Waals surface area contributed by atoms with Crippen molar-refractivity contribution in [2.45, 2.75) is 12.2 Å². The summed E-state index contributed by atoms with van der Waals surface area (Å²) in [6, 6.07) is 3.67. The summed E-state index contributed by atoms with van der Waals surface area (Å²) in [6.45, 7) is 2.99. The van der Waals surface area contributed by atoms with Crippen LogP contribution in [0.5, 0.6) is 0 Å². The summed E-state index contributed by atoms with van der Waals surface area (Å²) in [6.07, 6.45) is -4.65. The summed E-state index contributed by atoms with van der Waals surface area (Å²) in [5.74, 6) is -1.79. The highest BCUT2D eigenvalue weighted by Gasteiger charge is 2.43. The van der Waals surface area contributed by atoms with Gasteiger partial charge in [0.15, 0.2) is 6.04 Å². The molecule has 0 N–H and O–H groups in total. The number of rotatable bonds is 4. The van der Waals surface area contributed by atoms with E-state index >= 15 is 0 Å². The third-order valence-corrected chi connectivity index (χ3v) is 4.68. The van der Waals surface area contributed by atoms with E-state index in [1.165, 1.54) is 19.2 Å². The van der Waals surface area contributed by atoms with E-state index < -0.39 is 48.0 Å². The number of hydrogen-bond acceptors (Lipinski definition) is 4. The molecule has 0 aliphatic carbocycles. The number of hydrogen-bond donors (Lipinski definition) is 0. The maximum absolute atomic E-state index is 13.4. The number of pyridine rings is 1. The fourth-order valence-corrected chi connectivity index (χ4v) is 3.00. The van der Waals surface area contributed by atoms with Crippen molar-refractivity contribution < 1.29 is 31.9 Å². The Bertz CT molecular complexity index is 1030. The monoisotopic (exact) mass is 443 g/mol. The molecule has 0 spiro atoms. The normalized spacial score (nSPS) is 16.4. The second-order valence-corrected chi connectivity index (χ2v) is 6.71. The van der Waals surface area contributed by atoms with Crippen molar-refractivity contribution in [3.05, 3.63) is 59.0 Å². The van der Waals surface area contributed by atoms with Gasteiger partial charge in [0.05, 0.1) is 16.3 Å². The molecule has 1 aromatic carbocycles. The van der Waals surface area contributed by atoms with Gasteiger partial charge >= 0.3 is 12.3 Å². The minimum atomic E-state index is -4.71. The van der Waals surface area contributed by atoms with Gasteiger partial charge in [0, 0.05) is 12.7 Å². The largest absolute Gasteiger partial charge is 0.446 e. The Morgan fingerprint density at radius 3 is 2.67 bits per heavy atom. The number of alkyl halides is 3. The summed E-state index contributed by atoms with van der Waals surface area (Å²) in [4.78, 5) is 31.0. The zero-order chi connectivity index (χ0) is 22.2. The van der Waals surface area contributed by atoms with E-state index in [1.54, 1.807) is 0 Å². The van der Waals surface area contributed by atoms with Gasteiger partial charge in [-0.1, -0.05) is 18.2 Å². The number of anilines is 2. The number of likely N-dealkylation sites (N-methyl/N-ethyl adjacent to an activating group) is 1. The Morgan fingerprint density at radius 1 is 1.37 bits per heavy atom. The molecule has 2 aromatic rings. The smallest absolute Gasteiger partial charge is 0.416 e. The number of benzene rings is 1. The molecule has 1 aromatic heterocycles. The number of aromatic nitrogens is 1. The van der Waals surface area contributed by atoms with Crippen molar-refractivity contribution in [1.29, 1.82) is 0 Å². The van der Waals surface area contributed by atoms with Gasteiger partial charge in [-0.2, -0.15) is 13.2 Å². The lowest BCUT2D eigenvalue weighted by molar-refractivity contribution is -0.137. The average molecular weight is 444 g/mol. The van der Waals surface area contributed by atoms with E-state index in [1.807, 2.05) is 0 Å². The second kappa shape index (κ2) is 7.94. The molecule has 6 nitrogen and oxygen atoms in total. The summed E-state index contributed by atoms with van der Waals surface area (Å²) < 4.78 is 58.0. The van der Waals surface area contributed by atoms with Crippen LogP contribution in [0.25, 0.3) is 6.08 Å². The standard InChI is InChI=1S/C19H14ClF4N3O3/c1-3-11-6-10(19(22,23)24)7-16(25-11)27-15(9-30-18(27)29)17(28)26(2)12-4-5-14(21)13(20)8-12/h3-8,15H,1,9H2,2H3. The zero-order valence-electron chi connectivity index (χ0n) is 15.4. The van der Waals surface area contributed by atoms with Crippen molar-refractivity contribution in [2.75, 3.05) is 23.5 Å². The predicted octanol–water partition coefficient (Wildman–Crippen LogP) is 4.52. The molecule has 0 saturated carbocycles. The maximum atomic E-state index is 13.4. The average Bonchev–Trinajstić information content (AvgIpc) is 3.09. The quantitative estimate of drug-likeness (QED) is 0.652. The lowest BCUT2D eigenvalue weighted by Crippen LogP contribution is -2.47. The number of cyclic esters (lactones) is 1. The predicted molar refractivity (Wildman–Crippen MR) is 102 cm³/mol. The molecule has 1 unspecified atom stereocenters. The summed E-state index contributed by atoms with van der Waals surface area (Å²) >= 11 is 5.74. The fraction of sp³-hybridized carbons (Fsp3) is 0.211. The number of carbonyl (C=O) groups excluding carboxylic acids is 2. The Hall–Kier alpha value is -3.14. The number of amides is 2. The van der Waals surface area contributed by atoms with E-state index in [0.717, 1.165) is 28.0 Å². The van der Waals surface area contributed by atoms with Gasteiger partial charge in [-0.15, -0.1) is 0 Å². The van der Waals surface area contributed by atoms with Crippen molar-refractivity contribution in [3.63, 3.8) is 0 Å². The highest BCUT2D eigenvalue weighted by Crippen LogP contribution is 2.34. The minimum absolute atomic E-state index is 0.135. The molecule has 1 aliphatic rings. The Kier molecular flexibility index (Phi) is 5.71. The molecule has 1 aliphatic heterocycles. The van der Waals surface area contributed by atoms with Crippen LogP contribution in [-0.2, 0) is 15.7 Å². The van der Waals surface area contributed by atoms with Gasteiger partial charge in [-0.3, -0.25) is 4.79 Å². The Morgan fingerprint density at radius 2 is 2.07 bits per heavy atom. The first-order valence-corrected chi connectivity index (χ1v) is 8.81. The van der Waals surface area contributed by atoms with Gasteiger partial charge in [-0.05, 0) is 36.4 Å². The van der Waals surface area contributed by atoms with Gasteiger partial charge < -0.3 is 9.64 Å². The molecular weight excluding hydrogens is 430 g/mol. The molecule has 158 valence electrons. The molecular formula is C19H14ClF4N3O3. The highest BCUT2D eigenvalue weighted by molar-refractivity contribution is 6.31. The van der Waals surface area contributed by atoms with Gasteiger partial charge in [0.2, 0.25) is 0 Å². The van der Waals surface area contributed by atoms with Crippen molar-refractivity contribution >= 4 is 41.2 Å². The topological polar surface area (TPSA) is 62.7 Å². The minimum Gasteiger partial charge on any atom is -0.446 e. The zero-order valence-corrected chi connectivity index (χ0v) is 16.2. The number of halogens is 5. The van der Waals surface area contributed by atoms with Crippen LogP contribution >= 0.6 is 11.6 Å². The van der Waals surface area contributed by atoms with Crippen LogP contribution in [0, 0.1) is 5.82 Å². The second-order valence-electron chi connectivity index (χ2n) is 6.30. The van der Waals surface area contributed by atoms with Gasteiger partial charge in [0.1, 0.15) is 18.2 Å².